The normalized spacial score (nSPS) is 14.1. The van der Waals surface area contributed by atoms with Crippen molar-refractivity contribution < 1.29 is 22.0 Å². The Kier molecular flexibility index (Phi) is 7.79. The number of halogens is 5. The van der Waals surface area contributed by atoms with Crippen molar-refractivity contribution in [2.24, 2.45) is 12.0 Å². The van der Waals surface area contributed by atoms with Gasteiger partial charge in [0.2, 0.25) is 6.43 Å². The van der Waals surface area contributed by atoms with E-state index in [0.29, 0.717) is 17.6 Å². The number of alkyl halides is 5. The van der Waals surface area contributed by atoms with Crippen LogP contribution in [0.15, 0.2) is 47.8 Å². The standard InChI is InChI=1S/C24H24F3N7.C2H4F2/c1-15-17(5-4-6-19(15)24(25,26)27)12-30-23-18-11-21(29-13-20(18)32(3)16(2)31-23)34-10-9-33-8-7-28-22(33)14-34;1-2(3)4/h4-8,11,13H,9-10,12,14H2,1-3H3;2H,1H3. The predicted octanol–water partition coefficient (Wildman–Crippen LogP) is 5.19. The summed E-state index contributed by atoms with van der Waals surface area (Å²) in [5.74, 6) is 2.51. The number of rotatable bonds is 3. The summed E-state index contributed by atoms with van der Waals surface area (Å²) in [5, 5.41) is 0.802. The van der Waals surface area contributed by atoms with Crippen molar-refractivity contribution in [2.45, 2.75) is 53.0 Å². The minimum Gasteiger partial charge on any atom is -0.347 e. The first-order valence-electron chi connectivity index (χ1n) is 12.0. The van der Waals surface area contributed by atoms with E-state index < -0.39 is 18.2 Å². The van der Waals surface area contributed by atoms with Gasteiger partial charge in [-0.3, -0.25) is 4.99 Å². The fourth-order valence-corrected chi connectivity index (χ4v) is 4.33. The molecule has 7 nitrogen and oxygen atoms in total. The molecule has 0 unspecified atom stereocenters. The highest BCUT2D eigenvalue weighted by Crippen LogP contribution is 2.33. The van der Waals surface area contributed by atoms with E-state index in [4.69, 9.17) is 0 Å². The van der Waals surface area contributed by atoms with Gasteiger partial charge in [-0.25, -0.2) is 23.7 Å². The zero-order valence-corrected chi connectivity index (χ0v) is 21.5. The smallest absolute Gasteiger partial charge is 0.347 e. The first-order chi connectivity index (χ1) is 18.0. The number of aromatic nitrogens is 5. The van der Waals surface area contributed by atoms with Gasteiger partial charge in [0.25, 0.3) is 0 Å². The van der Waals surface area contributed by atoms with Crippen LogP contribution in [0.1, 0.15) is 35.3 Å². The van der Waals surface area contributed by atoms with Crippen molar-refractivity contribution >= 4 is 16.7 Å². The van der Waals surface area contributed by atoms with Crippen molar-refractivity contribution in [3.05, 3.63) is 76.7 Å². The molecule has 1 aromatic carbocycles. The summed E-state index contributed by atoms with van der Waals surface area (Å²) in [5.41, 5.74) is 1.42. The summed E-state index contributed by atoms with van der Waals surface area (Å²) in [7, 11) is 1.91. The number of nitrogens with zero attached hydrogens (tertiary/aromatic N) is 7. The second-order valence-electron chi connectivity index (χ2n) is 8.98. The van der Waals surface area contributed by atoms with Gasteiger partial charge in [-0.15, -0.1) is 0 Å². The van der Waals surface area contributed by atoms with E-state index >= 15 is 0 Å². The number of anilines is 1. The minimum absolute atomic E-state index is 0.101. The molecule has 0 spiro atoms. The molecular weight excluding hydrogens is 505 g/mol. The molecule has 0 aliphatic carbocycles. The van der Waals surface area contributed by atoms with Crippen molar-refractivity contribution in [3.63, 3.8) is 0 Å². The van der Waals surface area contributed by atoms with E-state index in [1.807, 2.05) is 30.8 Å². The maximum atomic E-state index is 13.3. The molecule has 0 saturated heterocycles. The lowest BCUT2D eigenvalue weighted by molar-refractivity contribution is -0.138. The Balaban J connectivity index is 0.000000786. The van der Waals surface area contributed by atoms with Crippen molar-refractivity contribution in [3.8, 4) is 0 Å². The molecule has 38 heavy (non-hydrogen) atoms. The highest BCUT2D eigenvalue weighted by Gasteiger charge is 2.32. The largest absolute Gasteiger partial charge is 0.416 e. The molecule has 202 valence electrons. The van der Waals surface area contributed by atoms with Crippen LogP contribution in [-0.2, 0) is 32.9 Å². The predicted molar refractivity (Wildman–Crippen MR) is 134 cm³/mol. The summed E-state index contributed by atoms with van der Waals surface area (Å²) in [6.45, 7) is 6.55. The SMILES string of the molecule is CC(F)F.Cc1c(CN=c2nc(C)n(C)c3cnc(N4CCn5ccnc5C4)cc23)cccc1C(F)(F)F. The number of imidazole rings is 1. The van der Waals surface area contributed by atoms with Crippen LogP contribution in [0.4, 0.5) is 27.8 Å². The van der Waals surface area contributed by atoms with E-state index in [2.05, 4.69) is 29.4 Å². The van der Waals surface area contributed by atoms with Gasteiger partial charge in [0.1, 0.15) is 17.5 Å². The Labute approximate surface area is 216 Å². The molecule has 5 rings (SSSR count). The average molecular weight is 534 g/mol. The summed E-state index contributed by atoms with van der Waals surface area (Å²) >= 11 is 0. The van der Waals surface area contributed by atoms with Crippen LogP contribution in [0.25, 0.3) is 10.9 Å². The Morgan fingerprint density at radius 2 is 1.84 bits per heavy atom. The van der Waals surface area contributed by atoms with Gasteiger partial charge in [0.15, 0.2) is 5.49 Å². The van der Waals surface area contributed by atoms with Crippen LogP contribution < -0.4 is 10.4 Å². The number of fused-ring (bicyclic) bond motifs is 2. The van der Waals surface area contributed by atoms with E-state index in [1.165, 1.54) is 13.0 Å². The molecular formula is C26H28F5N7. The number of hydrogen-bond donors (Lipinski definition) is 0. The van der Waals surface area contributed by atoms with Gasteiger partial charge < -0.3 is 14.0 Å². The molecule has 0 atom stereocenters. The summed E-state index contributed by atoms with van der Waals surface area (Å²) in [4.78, 5) is 20.5. The quantitative estimate of drug-likeness (QED) is 0.340. The Morgan fingerprint density at radius 1 is 1.11 bits per heavy atom. The fraction of sp³-hybridized carbons (Fsp3) is 0.385. The average Bonchev–Trinajstić information content (AvgIpc) is 3.33. The number of aryl methyl sites for hydroxylation is 2. The zero-order chi connectivity index (χ0) is 27.6. The van der Waals surface area contributed by atoms with Crippen LogP contribution in [-0.4, -0.2) is 37.1 Å². The molecule has 0 bridgehead atoms. The van der Waals surface area contributed by atoms with E-state index in [1.54, 1.807) is 18.5 Å². The van der Waals surface area contributed by atoms with Crippen LogP contribution in [0.5, 0.6) is 0 Å². The Bertz CT molecular complexity index is 1500. The molecule has 0 saturated carbocycles. The lowest BCUT2D eigenvalue weighted by Crippen LogP contribution is -2.34. The molecule has 1 aliphatic heterocycles. The van der Waals surface area contributed by atoms with Crippen molar-refractivity contribution in [1.29, 1.82) is 0 Å². The molecule has 0 N–H and O–H groups in total. The number of hydrogen-bond acceptors (Lipinski definition) is 5. The molecule has 1 aliphatic rings. The maximum absolute atomic E-state index is 13.3. The number of pyridine rings is 1. The third-order valence-corrected chi connectivity index (χ3v) is 6.44. The summed E-state index contributed by atoms with van der Waals surface area (Å²) < 4.78 is 64.7. The molecule has 0 radical (unpaired) electrons. The zero-order valence-electron chi connectivity index (χ0n) is 21.5. The third kappa shape index (κ3) is 5.84. The molecule has 3 aromatic heterocycles. The van der Waals surface area contributed by atoms with Gasteiger partial charge in [-0.05, 0) is 44.0 Å². The third-order valence-electron chi connectivity index (χ3n) is 6.44. The van der Waals surface area contributed by atoms with Crippen molar-refractivity contribution in [2.75, 3.05) is 11.4 Å². The lowest BCUT2D eigenvalue weighted by atomic mass is 10.0. The Hall–Kier alpha value is -3.83. The molecule has 0 fully saturated rings. The lowest BCUT2D eigenvalue weighted by Gasteiger charge is -2.28. The van der Waals surface area contributed by atoms with Gasteiger partial charge in [0, 0.05) is 37.9 Å². The van der Waals surface area contributed by atoms with Gasteiger partial charge in [-0.2, -0.15) is 13.2 Å². The first kappa shape index (κ1) is 27.2. The fourth-order valence-electron chi connectivity index (χ4n) is 4.33. The van der Waals surface area contributed by atoms with E-state index in [-0.39, 0.29) is 12.1 Å². The molecule has 4 aromatic rings. The molecule has 4 heterocycles. The topological polar surface area (TPSA) is 64.1 Å². The highest BCUT2D eigenvalue weighted by molar-refractivity contribution is 5.80. The molecule has 12 heteroatoms. The van der Waals surface area contributed by atoms with Crippen LogP contribution in [0.3, 0.4) is 0 Å². The second-order valence-corrected chi connectivity index (χ2v) is 8.98. The van der Waals surface area contributed by atoms with Gasteiger partial charge >= 0.3 is 6.18 Å². The van der Waals surface area contributed by atoms with Crippen LogP contribution >= 0.6 is 0 Å². The monoisotopic (exact) mass is 533 g/mol. The minimum atomic E-state index is -4.40. The van der Waals surface area contributed by atoms with Crippen molar-refractivity contribution in [1.82, 2.24) is 24.1 Å². The molecule has 0 amide bonds. The van der Waals surface area contributed by atoms with E-state index in [0.717, 1.165) is 54.4 Å². The van der Waals surface area contributed by atoms with Gasteiger partial charge in [-0.1, -0.05) is 12.1 Å². The van der Waals surface area contributed by atoms with Gasteiger partial charge in [0.05, 0.1) is 30.4 Å². The van der Waals surface area contributed by atoms with Crippen LogP contribution in [0, 0.1) is 13.8 Å². The number of benzene rings is 1. The highest BCUT2D eigenvalue weighted by atomic mass is 19.4. The maximum Gasteiger partial charge on any atom is 0.416 e. The summed E-state index contributed by atoms with van der Waals surface area (Å²) in [6.07, 6.45) is -0.993. The van der Waals surface area contributed by atoms with E-state index in [9.17, 15) is 22.0 Å². The Morgan fingerprint density at radius 3 is 2.55 bits per heavy atom. The van der Waals surface area contributed by atoms with Crippen LogP contribution in [0.2, 0.25) is 0 Å². The summed E-state index contributed by atoms with van der Waals surface area (Å²) in [6, 6.07) is 6.15. The first-order valence-corrected chi connectivity index (χ1v) is 12.0. The second kappa shape index (κ2) is 10.9.